The van der Waals surface area contributed by atoms with Crippen LogP contribution in [0.2, 0.25) is 0 Å². The Kier molecular flexibility index (Phi) is 5.35. The van der Waals surface area contributed by atoms with Crippen molar-refractivity contribution in [1.29, 1.82) is 0 Å². The number of likely N-dealkylation sites (tertiary alicyclic amines) is 1. The van der Waals surface area contributed by atoms with E-state index in [1.165, 1.54) is 6.20 Å². The molecule has 30 heavy (non-hydrogen) atoms. The molecule has 1 aliphatic rings. The van der Waals surface area contributed by atoms with E-state index in [2.05, 4.69) is 28.3 Å². The number of pyridine rings is 2. The van der Waals surface area contributed by atoms with E-state index in [0.29, 0.717) is 24.0 Å². The van der Waals surface area contributed by atoms with Crippen LogP contribution in [0.4, 0.5) is 11.5 Å². The lowest BCUT2D eigenvalue weighted by Gasteiger charge is -2.38. The van der Waals surface area contributed by atoms with Crippen molar-refractivity contribution in [1.82, 2.24) is 14.9 Å². The normalized spacial score (nSPS) is 18.9. The number of aryl methyl sites for hydroxylation is 1. The van der Waals surface area contributed by atoms with Gasteiger partial charge in [-0.05, 0) is 60.4 Å². The molecule has 1 aliphatic heterocycles. The van der Waals surface area contributed by atoms with Gasteiger partial charge in [-0.2, -0.15) is 0 Å². The number of anilines is 2. The third-order valence-corrected chi connectivity index (χ3v) is 5.70. The molecule has 0 bridgehead atoms. The van der Waals surface area contributed by atoms with Crippen LogP contribution in [0.1, 0.15) is 36.9 Å². The molecule has 0 radical (unpaired) electrons. The molecule has 2 atom stereocenters. The second kappa shape index (κ2) is 8.10. The van der Waals surface area contributed by atoms with Crippen LogP contribution in [0.25, 0.3) is 10.8 Å². The Morgan fingerprint density at radius 3 is 2.77 bits per heavy atom. The number of fused-ring (bicyclic) bond motifs is 1. The molecule has 1 saturated heterocycles. The standard InChI is InChI=1S/C23H25N5O2/c1-14-3-6-20(17-4-5-18-11-25-8-7-16(18)10-17)28(13-14)23(30)22(29)27-19-9-15(2)21(24)26-12-19/h4-5,7-12,14,20H,3,6,13H2,1-2H3,(H2,24,26)(H,27,29)/t14-,20+/m1/s1. The number of piperidine rings is 1. The number of nitrogens with two attached hydrogens (primary N) is 1. The van der Waals surface area contributed by atoms with Gasteiger partial charge in [0.25, 0.3) is 0 Å². The molecule has 0 spiro atoms. The summed E-state index contributed by atoms with van der Waals surface area (Å²) < 4.78 is 0. The predicted octanol–water partition coefficient (Wildman–Crippen LogP) is 3.46. The first-order valence-corrected chi connectivity index (χ1v) is 10.1. The molecule has 4 rings (SSSR count). The minimum atomic E-state index is -0.662. The zero-order valence-electron chi connectivity index (χ0n) is 17.1. The van der Waals surface area contributed by atoms with Gasteiger partial charge in [-0.25, -0.2) is 4.98 Å². The van der Waals surface area contributed by atoms with Gasteiger partial charge in [0.2, 0.25) is 0 Å². The minimum absolute atomic E-state index is 0.136. The molecule has 1 aromatic carbocycles. The highest BCUT2D eigenvalue weighted by molar-refractivity contribution is 6.39. The van der Waals surface area contributed by atoms with Crippen LogP contribution < -0.4 is 11.1 Å². The van der Waals surface area contributed by atoms with Crippen LogP contribution in [0.15, 0.2) is 48.9 Å². The summed E-state index contributed by atoms with van der Waals surface area (Å²) >= 11 is 0. The Hall–Kier alpha value is -3.48. The van der Waals surface area contributed by atoms with E-state index in [0.717, 1.165) is 34.7 Å². The van der Waals surface area contributed by atoms with Crippen molar-refractivity contribution in [3.63, 3.8) is 0 Å². The number of aromatic nitrogens is 2. The third kappa shape index (κ3) is 3.96. The number of nitrogens with one attached hydrogen (secondary N) is 1. The van der Waals surface area contributed by atoms with Crippen LogP contribution in [-0.2, 0) is 9.59 Å². The van der Waals surface area contributed by atoms with E-state index >= 15 is 0 Å². The van der Waals surface area contributed by atoms with E-state index in [9.17, 15) is 9.59 Å². The van der Waals surface area contributed by atoms with Crippen molar-refractivity contribution in [2.45, 2.75) is 32.7 Å². The van der Waals surface area contributed by atoms with Crippen LogP contribution in [0, 0.1) is 12.8 Å². The number of rotatable bonds is 2. The largest absolute Gasteiger partial charge is 0.383 e. The first-order chi connectivity index (χ1) is 14.4. The first kappa shape index (κ1) is 19.8. The Bertz CT molecular complexity index is 1110. The first-order valence-electron chi connectivity index (χ1n) is 10.1. The molecule has 2 aromatic heterocycles. The molecule has 0 saturated carbocycles. The van der Waals surface area contributed by atoms with Crippen molar-refractivity contribution in [3.8, 4) is 0 Å². The summed E-state index contributed by atoms with van der Waals surface area (Å²) in [6.07, 6.45) is 6.86. The molecule has 0 unspecified atom stereocenters. The van der Waals surface area contributed by atoms with Gasteiger partial charge >= 0.3 is 11.8 Å². The van der Waals surface area contributed by atoms with E-state index in [4.69, 9.17) is 5.73 Å². The number of carbonyl (C=O) groups excluding carboxylic acids is 2. The van der Waals surface area contributed by atoms with Crippen molar-refractivity contribution in [2.24, 2.45) is 5.92 Å². The molecule has 3 aromatic rings. The summed E-state index contributed by atoms with van der Waals surface area (Å²) in [4.78, 5) is 35.7. The SMILES string of the molecule is Cc1cc(NC(=O)C(=O)N2C[C@H](C)CC[C@H]2c2ccc3cnccc3c2)cnc1N. The predicted molar refractivity (Wildman–Crippen MR) is 117 cm³/mol. The van der Waals surface area contributed by atoms with E-state index < -0.39 is 11.8 Å². The summed E-state index contributed by atoms with van der Waals surface area (Å²) in [5.74, 6) is -0.459. The quantitative estimate of drug-likeness (QED) is 0.638. The maximum atomic E-state index is 13.1. The average molecular weight is 403 g/mol. The topological polar surface area (TPSA) is 101 Å². The number of benzene rings is 1. The van der Waals surface area contributed by atoms with Crippen LogP contribution in [0.3, 0.4) is 0 Å². The number of amides is 2. The highest BCUT2D eigenvalue weighted by Gasteiger charge is 2.34. The third-order valence-electron chi connectivity index (χ3n) is 5.70. The highest BCUT2D eigenvalue weighted by Crippen LogP contribution is 2.34. The maximum absolute atomic E-state index is 13.1. The summed E-state index contributed by atoms with van der Waals surface area (Å²) in [6, 6.07) is 9.66. The minimum Gasteiger partial charge on any atom is -0.383 e. The molecule has 3 N–H and O–H groups in total. The lowest BCUT2D eigenvalue weighted by molar-refractivity contribution is -0.146. The van der Waals surface area contributed by atoms with Crippen LogP contribution in [-0.4, -0.2) is 33.2 Å². The van der Waals surface area contributed by atoms with Gasteiger partial charge in [-0.1, -0.05) is 19.1 Å². The Balaban J connectivity index is 1.58. The highest BCUT2D eigenvalue weighted by atomic mass is 16.2. The fraction of sp³-hybridized carbons (Fsp3) is 0.304. The van der Waals surface area contributed by atoms with Crippen molar-refractivity contribution < 1.29 is 9.59 Å². The fourth-order valence-electron chi connectivity index (χ4n) is 4.00. The van der Waals surface area contributed by atoms with Gasteiger partial charge in [0.05, 0.1) is 17.9 Å². The summed E-state index contributed by atoms with van der Waals surface area (Å²) in [5.41, 5.74) is 7.97. The second-order valence-corrected chi connectivity index (χ2v) is 8.02. The molecular formula is C23H25N5O2. The van der Waals surface area contributed by atoms with Crippen LogP contribution >= 0.6 is 0 Å². The smallest absolute Gasteiger partial charge is 0.313 e. The number of hydrogen-bond acceptors (Lipinski definition) is 5. The number of nitrogen functional groups attached to an aromatic ring is 1. The fourth-order valence-corrected chi connectivity index (χ4v) is 4.00. The van der Waals surface area contributed by atoms with Crippen molar-refractivity contribution >= 4 is 34.1 Å². The van der Waals surface area contributed by atoms with E-state index in [1.54, 1.807) is 24.1 Å². The Labute approximate surface area is 175 Å². The molecule has 3 heterocycles. The zero-order valence-corrected chi connectivity index (χ0v) is 17.1. The zero-order chi connectivity index (χ0) is 21.3. The Morgan fingerprint density at radius 1 is 1.13 bits per heavy atom. The average Bonchev–Trinajstić information content (AvgIpc) is 2.75. The monoisotopic (exact) mass is 403 g/mol. The summed E-state index contributed by atoms with van der Waals surface area (Å²) in [5, 5.41) is 4.79. The lowest BCUT2D eigenvalue weighted by atomic mass is 9.89. The van der Waals surface area contributed by atoms with E-state index in [-0.39, 0.29) is 6.04 Å². The molecule has 1 fully saturated rings. The molecule has 7 heteroatoms. The summed E-state index contributed by atoms with van der Waals surface area (Å²) in [7, 11) is 0. The number of hydrogen-bond donors (Lipinski definition) is 2. The van der Waals surface area contributed by atoms with E-state index in [1.807, 2.05) is 24.4 Å². The molecule has 154 valence electrons. The van der Waals surface area contributed by atoms with Crippen molar-refractivity contribution in [2.75, 3.05) is 17.6 Å². The van der Waals surface area contributed by atoms with Gasteiger partial charge in [0, 0.05) is 24.3 Å². The second-order valence-electron chi connectivity index (χ2n) is 8.02. The van der Waals surface area contributed by atoms with Crippen LogP contribution in [0.5, 0.6) is 0 Å². The van der Waals surface area contributed by atoms with Crippen molar-refractivity contribution in [3.05, 3.63) is 60.0 Å². The molecule has 7 nitrogen and oxygen atoms in total. The van der Waals surface area contributed by atoms with Gasteiger partial charge in [0.1, 0.15) is 5.82 Å². The maximum Gasteiger partial charge on any atom is 0.313 e. The molecular weight excluding hydrogens is 378 g/mol. The Morgan fingerprint density at radius 2 is 1.97 bits per heavy atom. The lowest BCUT2D eigenvalue weighted by Crippen LogP contribution is -2.46. The molecule has 0 aliphatic carbocycles. The summed E-state index contributed by atoms with van der Waals surface area (Å²) in [6.45, 7) is 4.45. The molecule has 2 amide bonds. The number of carbonyl (C=O) groups is 2. The van der Waals surface area contributed by atoms with Gasteiger partial charge < -0.3 is 16.0 Å². The number of nitrogens with zero attached hydrogens (tertiary/aromatic N) is 3. The van der Waals surface area contributed by atoms with Gasteiger partial charge in [0.15, 0.2) is 0 Å². The van der Waals surface area contributed by atoms with Gasteiger partial charge in [-0.3, -0.25) is 14.6 Å². The van der Waals surface area contributed by atoms with Gasteiger partial charge in [-0.15, -0.1) is 0 Å².